The Morgan fingerprint density at radius 2 is 2.00 bits per heavy atom. The summed E-state index contributed by atoms with van der Waals surface area (Å²) in [5.41, 5.74) is 1.09. The molecule has 0 aliphatic heterocycles. The molecule has 0 atom stereocenters. The molecule has 1 aromatic carbocycles. The van der Waals surface area contributed by atoms with E-state index in [9.17, 15) is 4.79 Å². The number of hydrogen-bond donors (Lipinski definition) is 1. The van der Waals surface area contributed by atoms with E-state index in [-0.39, 0.29) is 5.91 Å². The van der Waals surface area contributed by atoms with Gasteiger partial charge in [0.15, 0.2) is 5.16 Å². The van der Waals surface area contributed by atoms with Crippen molar-refractivity contribution in [1.82, 2.24) is 20.1 Å². The molecule has 0 bridgehead atoms. The molecule has 2 aromatic rings. The van der Waals surface area contributed by atoms with Gasteiger partial charge in [-0.1, -0.05) is 55.9 Å². The lowest BCUT2D eigenvalue weighted by atomic mass is 10.2. The number of hydrogen-bond acceptors (Lipinski definition) is 4. The molecule has 1 amide bonds. The van der Waals surface area contributed by atoms with Crippen LogP contribution in [0, 0.1) is 0 Å². The van der Waals surface area contributed by atoms with Crippen LogP contribution in [0.1, 0.15) is 31.2 Å². The number of nitrogens with zero attached hydrogens (tertiary/aromatic N) is 3. The predicted octanol–water partition coefficient (Wildman–Crippen LogP) is 2.35. The fraction of sp³-hybridized carbons (Fsp3) is 0.400. The molecule has 5 nitrogen and oxygen atoms in total. The number of benzene rings is 1. The molecule has 1 aromatic heterocycles. The third-order valence-corrected chi connectivity index (χ3v) is 4.07. The molecule has 21 heavy (non-hydrogen) atoms. The Hall–Kier alpha value is -1.82. The van der Waals surface area contributed by atoms with Crippen LogP contribution in [0.2, 0.25) is 0 Å². The molecule has 1 N–H and O–H groups in total. The van der Waals surface area contributed by atoms with E-state index >= 15 is 0 Å². The van der Waals surface area contributed by atoms with Crippen LogP contribution in [-0.2, 0) is 18.4 Å². The molecule has 0 aliphatic carbocycles. The highest BCUT2D eigenvalue weighted by atomic mass is 32.2. The number of carbonyl (C=O) groups excluding carboxylic acids is 1. The van der Waals surface area contributed by atoms with Gasteiger partial charge >= 0.3 is 0 Å². The summed E-state index contributed by atoms with van der Waals surface area (Å²) in [6, 6.07) is 9.87. The highest BCUT2D eigenvalue weighted by Gasteiger charge is 2.13. The lowest BCUT2D eigenvalue weighted by Gasteiger charge is -2.06. The normalized spacial score (nSPS) is 10.9. The van der Waals surface area contributed by atoms with Gasteiger partial charge in [-0.2, -0.15) is 0 Å². The number of rotatable bonds is 6. The Labute approximate surface area is 129 Å². The van der Waals surface area contributed by atoms with Crippen LogP contribution in [0.5, 0.6) is 0 Å². The zero-order chi connectivity index (χ0) is 15.2. The maximum Gasteiger partial charge on any atom is 0.230 e. The number of amides is 1. The highest BCUT2D eigenvalue weighted by molar-refractivity contribution is 7.99. The standard InChI is InChI=1S/C15H20N4OS/c1-11(2)14-17-18-15(19(14)3)21-10-13(20)16-9-12-7-5-4-6-8-12/h4-8,11H,9-10H2,1-3H3,(H,16,20). The first-order valence-electron chi connectivity index (χ1n) is 6.90. The molecule has 0 saturated heterocycles. The molecule has 6 heteroatoms. The minimum absolute atomic E-state index is 0.00190. The van der Waals surface area contributed by atoms with E-state index in [4.69, 9.17) is 0 Å². The quantitative estimate of drug-likeness (QED) is 0.832. The monoisotopic (exact) mass is 304 g/mol. The van der Waals surface area contributed by atoms with Crippen LogP contribution in [0.15, 0.2) is 35.5 Å². The van der Waals surface area contributed by atoms with Crippen LogP contribution < -0.4 is 5.32 Å². The second kappa shape index (κ2) is 7.26. The average Bonchev–Trinajstić information content (AvgIpc) is 2.85. The van der Waals surface area contributed by atoms with Crippen molar-refractivity contribution in [3.63, 3.8) is 0 Å². The SMILES string of the molecule is CC(C)c1nnc(SCC(=O)NCc2ccccc2)n1C. The largest absolute Gasteiger partial charge is 0.351 e. The van der Waals surface area contributed by atoms with Crippen molar-refractivity contribution in [3.8, 4) is 0 Å². The summed E-state index contributed by atoms with van der Waals surface area (Å²) in [6.45, 7) is 4.70. The summed E-state index contributed by atoms with van der Waals surface area (Å²) < 4.78 is 1.94. The van der Waals surface area contributed by atoms with Gasteiger partial charge in [0.05, 0.1) is 5.75 Å². The van der Waals surface area contributed by atoms with E-state index in [1.807, 2.05) is 41.9 Å². The third kappa shape index (κ3) is 4.32. The lowest BCUT2D eigenvalue weighted by molar-refractivity contribution is -0.118. The summed E-state index contributed by atoms with van der Waals surface area (Å²) in [6.07, 6.45) is 0. The highest BCUT2D eigenvalue weighted by Crippen LogP contribution is 2.19. The second-order valence-electron chi connectivity index (χ2n) is 5.11. The van der Waals surface area contributed by atoms with E-state index in [1.165, 1.54) is 11.8 Å². The van der Waals surface area contributed by atoms with Gasteiger partial charge in [0, 0.05) is 19.5 Å². The smallest absolute Gasteiger partial charge is 0.230 e. The molecule has 0 fully saturated rings. The molecule has 0 aliphatic rings. The fourth-order valence-electron chi connectivity index (χ4n) is 1.93. The van der Waals surface area contributed by atoms with Gasteiger partial charge in [0.25, 0.3) is 0 Å². The number of thioether (sulfide) groups is 1. The van der Waals surface area contributed by atoms with Gasteiger partial charge in [-0.25, -0.2) is 0 Å². The zero-order valence-electron chi connectivity index (χ0n) is 12.5. The summed E-state index contributed by atoms with van der Waals surface area (Å²) in [4.78, 5) is 11.9. The van der Waals surface area contributed by atoms with E-state index in [0.29, 0.717) is 18.2 Å². The molecular weight excluding hydrogens is 284 g/mol. The summed E-state index contributed by atoms with van der Waals surface area (Å²) in [5.74, 6) is 1.60. The minimum atomic E-state index is -0.00190. The molecule has 112 valence electrons. The van der Waals surface area contributed by atoms with Crippen molar-refractivity contribution in [3.05, 3.63) is 41.7 Å². The molecule has 0 saturated carbocycles. The van der Waals surface area contributed by atoms with Crippen molar-refractivity contribution in [2.75, 3.05) is 5.75 Å². The van der Waals surface area contributed by atoms with E-state index in [1.54, 1.807) is 0 Å². The second-order valence-corrected chi connectivity index (χ2v) is 6.05. The van der Waals surface area contributed by atoms with E-state index in [0.717, 1.165) is 16.5 Å². The van der Waals surface area contributed by atoms with Crippen LogP contribution >= 0.6 is 11.8 Å². The van der Waals surface area contributed by atoms with Crippen molar-refractivity contribution >= 4 is 17.7 Å². The van der Waals surface area contributed by atoms with Crippen LogP contribution in [0.3, 0.4) is 0 Å². The summed E-state index contributed by atoms with van der Waals surface area (Å²) >= 11 is 1.41. The topological polar surface area (TPSA) is 59.8 Å². The van der Waals surface area contributed by atoms with Gasteiger partial charge in [-0.05, 0) is 5.56 Å². The molecule has 0 radical (unpaired) electrons. The molecule has 0 spiro atoms. The Kier molecular flexibility index (Phi) is 5.38. The van der Waals surface area contributed by atoms with Crippen molar-refractivity contribution in [2.24, 2.45) is 7.05 Å². The predicted molar refractivity (Wildman–Crippen MR) is 84.1 cm³/mol. The Bertz CT molecular complexity index is 595. The molecule has 1 heterocycles. The maximum absolute atomic E-state index is 11.9. The van der Waals surface area contributed by atoms with Gasteiger partial charge in [-0.15, -0.1) is 10.2 Å². The van der Waals surface area contributed by atoms with Crippen LogP contribution in [-0.4, -0.2) is 26.4 Å². The van der Waals surface area contributed by atoms with Gasteiger partial charge in [-0.3, -0.25) is 4.79 Å². The number of nitrogens with one attached hydrogen (secondary N) is 1. The Balaban J connectivity index is 1.81. The first-order chi connectivity index (χ1) is 10.1. The van der Waals surface area contributed by atoms with Gasteiger partial charge in [0.1, 0.15) is 5.82 Å². The first kappa shape index (κ1) is 15.6. The third-order valence-electron chi connectivity index (χ3n) is 3.05. The first-order valence-corrected chi connectivity index (χ1v) is 7.89. The van der Waals surface area contributed by atoms with Crippen LogP contribution in [0.4, 0.5) is 0 Å². The molecule has 0 unspecified atom stereocenters. The Morgan fingerprint density at radius 3 is 2.62 bits per heavy atom. The van der Waals surface area contributed by atoms with Crippen molar-refractivity contribution < 1.29 is 4.79 Å². The lowest BCUT2D eigenvalue weighted by Crippen LogP contribution is -2.24. The van der Waals surface area contributed by atoms with E-state index in [2.05, 4.69) is 29.4 Å². The average molecular weight is 304 g/mol. The van der Waals surface area contributed by atoms with Crippen LogP contribution in [0.25, 0.3) is 0 Å². The minimum Gasteiger partial charge on any atom is -0.351 e. The molecular formula is C15H20N4OS. The summed E-state index contributed by atoms with van der Waals surface area (Å²) in [7, 11) is 1.93. The van der Waals surface area contributed by atoms with E-state index < -0.39 is 0 Å². The fourth-order valence-corrected chi connectivity index (χ4v) is 2.68. The maximum atomic E-state index is 11.9. The number of carbonyl (C=O) groups is 1. The summed E-state index contributed by atoms with van der Waals surface area (Å²) in [5, 5.41) is 11.9. The van der Waals surface area contributed by atoms with Crippen molar-refractivity contribution in [2.45, 2.75) is 31.5 Å². The van der Waals surface area contributed by atoms with Gasteiger partial charge < -0.3 is 9.88 Å². The molecule has 2 rings (SSSR count). The zero-order valence-corrected chi connectivity index (χ0v) is 13.4. The van der Waals surface area contributed by atoms with Gasteiger partial charge in [0.2, 0.25) is 5.91 Å². The Morgan fingerprint density at radius 1 is 1.29 bits per heavy atom. The van der Waals surface area contributed by atoms with Crippen molar-refractivity contribution in [1.29, 1.82) is 0 Å². The number of aromatic nitrogens is 3.